The van der Waals surface area contributed by atoms with Crippen molar-refractivity contribution in [2.24, 2.45) is 0 Å². The van der Waals surface area contributed by atoms with Gasteiger partial charge in [0, 0.05) is 25.0 Å². The Morgan fingerprint density at radius 1 is 1.24 bits per heavy atom. The molecule has 2 aliphatic rings. The van der Waals surface area contributed by atoms with Gasteiger partial charge in [-0.25, -0.2) is 0 Å². The lowest BCUT2D eigenvalue weighted by molar-refractivity contribution is -0.121. The fourth-order valence-corrected chi connectivity index (χ4v) is 2.92. The van der Waals surface area contributed by atoms with Gasteiger partial charge in [0.25, 0.3) is 0 Å². The predicted octanol–water partition coefficient (Wildman–Crippen LogP) is 1.87. The van der Waals surface area contributed by atoms with E-state index >= 15 is 0 Å². The van der Waals surface area contributed by atoms with Crippen molar-refractivity contribution in [1.82, 2.24) is 16.0 Å². The lowest BCUT2D eigenvalue weighted by atomic mass is 9.99. The van der Waals surface area contributed by atoms with Crippen molar-refractivity contribution in [2.75, 3.05) is 13.1 Å². The first-order valence-electron chi connectivity index (χ1n) is 8.14. The van der Waals surface area contributed by atoms with Crippen LogP contribution in [0.4, 0.5) is 0 Å². The molecule has 0 saturated heterocycles. The molecule has 21 heavy (non-hydrogen) atoms. The van der Waals surface area contributed by atoms with Gasteiger partial charge >= 0.3 is 0 Å². The SMILES string of the molecule is O=C(CCCNC1CCNCc2ccccc21)NC1CC1. The van der Waals surface area contributed by atoms with Crippen molar-refractivity contribution in [3.05, 3.63) is 35.4 Å². The van der Waals surface area contributed by atoms with E-state index in [-0.39, 0.29) is 5.91 Å². The first kappa shape index (κ1) is 14.5. The molecule has 0 spiro atoms. The number of carbonyl (C=O) groups excluding carboxylic acids is 1. The van der Waals surface area contributed by atoms with E-state index in [1.165, 1.54) is 11.1 Å². The van der Waals surface area contributed by atoms with Gasteiger partial charge in [0.15, 0.2) is 0 Å². The van der Waals surface area contributed by atoms with Crippen LogP contribution in [0, 0.1) is 0 Å². The van der Waals surface area contributed by atoms with Gasteiger partial charge in [0.05, 0.1) is 0 Å². The minimum Gasteiger partial charge on any atom is -0.353 e. The molecule has 1 saturated carbocycles. The predicted molar refractivity (Wildman–Crippen MR) is 83.9 cm³/mol. The van der Waals surface area contributed by atoms with Crippen molar-refractivity contribution in [1.29, 1.82) is 0 Å². The highest BCUT2D eigenvalue weighted by molar-refractivity contribution is 5.76. The lowest BCUT2D eigenvalue weighted by Crippen LogP contribution is -2.28. The summed E-state index contributed by atoms with van der Waals surface area (Å²) in [6.45, 7) is 2.89. The molecule has 1 atom stereocenters. The Labute approximate surface area is 126 Å². The highest BCUT2D eigenvalue weighted by Crippen LogP contribution is 2.23. The maximum atomic E-state index is 11.6. The molecule has 0 radical (unpaired) electrons. The molecule has 3 rings (SSSR count). The third kappa shape index (κ3) is 4.29. The first-order valence-corrected chi connectivity index (χ1v) is 8.14. The van der Waals surface area contributed by atoms with Crippen LogP contribution >= 0.6 is 0 Å². The Morgan fingerprint density at radius 2 is 2.10 bits per heavy atom. The standard InChI is InChI=1S/C17H25N3O/c21-17(20-14-7-8-14)6-3-10-19-16-9-11-18-12-13-4-1-2-5-15(13)16/h1-2,4-5,14,16,18-19H,3,6-12H2,(H,20,21). The van der Waals surface area contributed by atoms with Crippen LogP contribution in [0.2, 0.25) is 0 Å². The zero-order valence-electron chi connectivity index (χ0n) is 12.5. The highest BCUT2D eigenvalue weighted by Gasteiger charge is 2.23. The van der Waals surface area contributed by atoms with E-state index in [0.29, 0.717) is 18.5 Å². The Hall–Kier alpha value is -1.39. The van der Waals surface area contributed by atoms with E-state index in [0.717, 1.165) is 45.3 Å². The van der Waals surface area contributed by atoms with E-state index in [9.17, 15) is 4.79 Å². The van der Waals surface area contributed by atoms with Gasteiger partial charge in [-0.1, -0.05) is 24.3 Å². The summed E-state index contributed by atoms with van der Waals surface area (Å²) in [6.07, 6.45) is 4.97. The van der Waals surface area contributed by atoms with Gasteiger partial charge < -0.3 is 16.0 Å². The minimum atomic E-state index is 0.210. The summed E-state index contributed by atoms with van der Waals surface area (Å²) < 4.78 is 0. The molecule has 3 N–H and O–H groups in total. The third-order valence-corrected chi connectivity index (χ3v) is 4.27. The van der Waals surface area contributed by atoms with Gasteiger partial charge in [0.1, 0.15) is 0 Å². The minimum absolute atomic E-state index is 0.210. The van der Waals surface area contributed by atoms with Crippen LogP contribution in [0.5, 0.6) is 0 Å². The molecule has 1 aliphatic carbocycles. The topological polar surface area (TPSA) is 53.2 Å². The molecule has 1 unspecified atom stereocenters. The van der Waals surface area contributed by atoms with Crippen molar-refractivity contribution in [2.45, 2.75) is 50.7 Å². The Kier molecular flexibility index (Phi) is 4.88. The molecule has 0 bridgehead atoms. The molecule has 1 amide bonds. The zero-order chi connectivity index (χ0) is 14.5. The monoisotopic (exact) mass is 287 g/mol. The summed E-state index contributed by atoms with van der Waals surface area (Å²) in [5.41, 5.74) is 2.80. The van der Waals surface area contributed by atoms with Crippen molar-refractivity contribution in [3.63, 3.8) is 0 Å². The molecule has 1 heterocycles. The van der Waals surface area contributed by atoms with E-state index in [2.05, 4.69) is 40.2 Å². The fourth-order valence-electron chi connectivity index (χ4n) is 2.92. The number of hydrogen-bond acceptors (Lipinski definition) is 3. The zero-order valence-corrected chi connectivity index (χ0v) is 12.5. The van der Waals surface area contributed by atoms with E-state index in [1.54, 1.807) is 0 Å². The number of hydrogen-bond donors (Lipinski definition) is 3. The Morgan fingerprint density at radius 3 is 2.95 bits per heavy atom. The number of rotatable bonds is 6. The van der Waals surface area contributed by atoms with Gasteiger partial charge in [0.2, 0.25) is 5.91 Å². The lowest BCUT2D eigenvalue weighted by Gasteiger charge is -2.19. The number of amides is 1. The fraction of sp³-hybridized carbons (Fsp3) is 0.588. The Bertz CT molecular complexity index is 485. The summed E-state index contributed by atoms with van der Waals surface area (Å²) in [7, 11) is 0. The second-order valence-electron chi connectivity index (χ2n) is 6.12. The number of fused-ring (bicyclic) bond motifs is 1. The molecule has 1 aromatic carbocycles. The molecular formula is C17H25N3O. The molecule has 4 nitrogen and oxygen atoms in total. The maximum Gasteiger partial charge on any atom is 0.220 e. The summed E-state index contributed by atoms with van der Waals surface area (Å²) in [6, 6.07) is 9.52. The van der Waals surface area contributed by atoms with Crippen molar-refractivity contribution >= 4 is 5.91 Å². The van der Waals surface area contributed by atoms with E-state index in [4.69, 9.17) is 0 Å². The van der Waals surface area contributed by atoms with Crippen LogP contribution in [-0.2, 0) is 11.3 Å². The normalized spacial score (nSPS) is 21.4. The molecule has 1 aliphatic heterocycles. The molecule has 114 valence electrons. The quantitative estimate of drug-likeness (QED) is 0.700. The maximum absolute atomic E-state index is 11.6. The number of nitrogens with one attached hydrogen (secondary N) is 3. The second-order valence-corrected chi connectivity index (χ2v) is 6.12. The molecule has 1 fully saturated rings. The van der Waals surface area contributed by atoms with Crippen LogP contribution in [0.3, 0.4) is 0 Å². The van der Waals surface area contributed by atoms with Crippen LogP contribution in [0.25, 0.3) is 0 Å². The Balaban J connectivity index is 1.45. The second kappa shape index (κ2) is 7.05. The molecule has 0 aromatic heterocycles. The largest absolute Gasteiger partial charge is 0.353 e. The van der Waals surface area contributed by atoms with Crippen LogP contribution in [0.15, 0.2) is 24.3 Å². The van der Waals surface area contributed by atoms with E-state index < -0.39 is 0 Å². The summed E-state index contributed by atoms with van der Waals surface area (Å²) >= 11 is 0. The number of benzene rings is 1. The molecule has 1 aromatic rings. The molecular weight excluding hydrogens is 262 g/mol. The summed E-state index contributed by atoms with van der Waals surface area (Å²) in [5, 5.41) is 10.1. The third-order valence-electron chi connectivity index (χ3n) is 4.27. The van der Waals surface area contributed by atoms with Crippen molar-refractivity contribution in [3.8, 4) is 0 Å². The first-order chi connectivity index (χ1) is 10.3. The van der Waals surface area contributed by atoms with Gasteiger partial charge in [-0.3, -0.25) is 4.79 Å². The van der Waals surface area contributed by atoms with E-state index in [1.807, 2.05) is 0 Å². The summed E-state index contributed by atoms with van der Waals surface area (Å²) in [4.78, 5) is 11.6. The van der Waals surface area contributed by atoms with Gasteiger partial charge in [-0.15, -0.1) is 0 Å². The average Bonchev–Trinajstić information content (AvgIpc) is 3.31. The van der Waals surface area contributed by atoms with Gasteiger partial charge in [-0.2, -0.15) is 0 Å². The van der Waals surface area contributed by atoms with Gasteiger partial charge in [-0.05, 0) is 49.9 Å². The van der Waals surface area contributed by atoms with Crippen LogP contribution in [0.1, 0.15) is 49.3 Å². The number of carbonyl (C=O) groups is 1. The average molecular weight is 287 g/mol. The van der Waals surface area contributed by atoms with Crippen molar-refractivity contribution < 1.29 is 4.79 Å². The van der Waals surface area contributed by atoms with Crippen LogP contribution < -0.4 is 16.0 Å². The molecule has 4 heteroatoms. The highest BCUT2D eigenvalue weighted by atomic mass is 16.1. The summed E-state index contributed by atoms with van der Waals surface area (Å²) in [5.74, 6) is 0.210. The van der Waals surface area contributed by atoms with Crippen LogP contribution in [-0.4, -0.2) is 25.0 Å². The smallest absolute Gasteiger partial charge is 0.220 e.